The maximum atomic E-state index is 4.75. The standard InChI is InChI=1S/C19H30N8/c1-16(26-13-5-11-24-9-3-7-21-18(24)26)23-15-17(20-2)27-14-6-12-25-10-4-8-22-19(25)27/h15H,2-14H2,1H3/b17-15+,23-16+. The first-order chi connectivity index (χ1) is 13.3. The fourth-order valence-electron chi connectivity index (χ4n) is 4.20. The zero-order valence-electron chi connectivity index (χ0n) is 16.3. The Kier molecular flexibility index (Phi) is 5.40. The Labute approximate surface area is 161 Å². The lowest BCUT2D eigenvalue weighted by atomic mass is 10.2. The molecule has 2 saturated heterocycles. The van der Waals surface area contributed by atoms with Crippen molar-refractivity contribution in [2.45, 2.75) is 32.6 Å². The van der Waals surface area contributed by atoms with Crippen LogP contribution >= 0.6 is 0 Å². The quantitative estimate of drug-likeness (QED) is 0.557. The first-order valence-electron chi connectivity index (χ1n) is 10.1. The van der Waals surface area contributed by atoms with Crippen molar-refractivity contribution in [3.05, 3.63) is 12.0 Å². The molecule has 0 aromatic carbocycles. The van der Waals surface area contributed by atoms with Crippen molar-refractivity contribution in [3.63, 3.8) is 0 Å². The molecular weight excluding hydrogens is 340 g/mol. The summed E-state index contributed by atoms with van der Waals surface area (Å²) in [6.07, 6.45) is 6.35. The summed E-state index contributed by atoms with van der Waals surface area (Å²) in [5, 5.41) is 0. The number of guanidine groups is 2. The van der Waals surface area contributed by atoms with Gasteiger partial charge in [0.1, 0.15) is 5.84 Å². The monoisotopic (exact) mass is 370 g/mol. The molecule has 4 aliphatic heterocycles. The van der Waals surface area contributed by atoms with Crippen LogP contribution < -0.4 is 0 Å². The van der Waals surface area contributed by atoms with Crippen LogP contribution in [0.3, 0.4) is 0 Å². The highest BCUT2D eigenvalue weighted by Gasteiger charge is 2.29. The molecule has 0 atom stereocenters. The molecule has 2 fully saturated rings. The van der Waals surface area contributed by atoms with Crippen LogP contribution in [0.4, 0.5) is 0 Å². The predicted molar refractivity (Wildman–Crippen MR) is 110 cm³/mol. The van der Waals surface area contributed by atoms with Crippen molar-refractivity contribution in [2.75, 3.05) is 52.4 Å². The van der Waals surface area contributed by atoms with E-state index in [1.165, 1.54) is 0 Å². The summed E-state index contributed by atoms with van der Waals surface area (Å²) in [6.45, 7) is 13.9. The van der Waals surface area contributed by atoms with Gasteiger partial charge in [-0.15, -0.1) is 0 Å². The lowest BCUT2D eigenvalue weighted by molar-refractivity contribution is 0.271. The third-order valence-electron chi connectivity index (χ3n) is 5.54. The smallest absolute Gasteiger partial charge is 0.202 e. The summed E-state index contributed by atoms with van der Waals surface area (Å²) >= 11 is 0. The molecule has 0 aromatic rings. The minimum atomic E-state index is 0.777. The molecule has 0 amide bonds. The van der Waals surface area contributed by atoms with E-state index < -0.39 is 0 Å². The highest BCUT2D eigenvalue weighted by molar-refractivity contribution is 5.99. The van der Waals surface area contributed by atoms with Gasteiger partial charge in [-0.25, -0.2) is 9.98 Å². The second-order valence-corrected chi connectivity index (χ2v) is 7.38. The fourth-order valence-corrected chi connectivity index (χ4v) is 4.20. The van der Waals surface area contributed by atoms with E-state index in [1.54, 1.807) is 0 Å². The Morgan fingerprint density at radius 1 is 0.852 bits per heavy atom. The Balaban J connectivity index is 1.54. The zero-order chi connectivity index (χ0) is 18.6. The van der Waals surface area contributed by atoms with Crippen LogP contribution in [0.5, 0.6) is 0 Å². The zero-order valence-corrected chi connectivity index (χ0v) is 16.3. The van der Waals surface area contributed by atoms with Crippen molar-refractivity contribution < 1.29 is 0 Å². The Bertz CT molecular complexity index is 692. The SMILES string of the molecule is C=N/C(=C\N=C(/C)N1CCCN2CCCN=C21)N1CCCN2CCCN=C21. The van der Waals surface area contributed by atoms with Gasteiger partial charge in [0.25, 0.3) is 0 Å². The summed E-state index contributed by atoms with van der Waals surface area (Å²) in [5.41, 5.74) is 0. The molecular formula is C19H30N8. The molecule has 8 nitrogen and oxygen atoms in total. The minimum Gasteiger partial charge on any atom is -0.342 e. The van der Waals surface area contributed by atoms with E-state index in [2.05, 4.69) is 38.2 Å². The Morgan fingerprint density at radius 3 is 2.04 bits per heavy atom. The summed E-state index contributed by atoms with van der Waals surface area (Å²) < 4.78 is 0. The van der Waals surface area contributed by atoms with E-state index >= 15 is 0 Å². The number of amidine groups is 1. The molecule has 0 unspecified atom stereocenters. The number of aliphatic imine (C=N–C) groups is 4. The van der Waals surface area contributed by atoms with Crippen LogP contribution in [0.25, 0.3) is 0 Å². The highest BCUT2D eigenvalue weighted by atomic mass is 15.4. The topological polar surface area (TPSA) is 62.4 Å². The summed E-state index contributed by atoms with van der Waals surface area (Å²) in [6, 6.07) is 0. The van der Waals surface area contributed by atoms with Gasteiger partial charge >= 0.3 is 0 Å². The Morgan fingerprint density at radius 2 is 1.41 bits per heavy atom. The van der Waals surface area contributed by atoms with Gasteiger partial charge in [0.05, 0.1) is 6.20 Å². The average Bonchev–Trinajstić information content (AvgIpc) is 2.73. The summed E-state index contributed by atoms with van der Waals surface area (Å²) in [5.74, 6) is 3.84. The second-order valence-electron chi connectivity index (χ2n) is 7.38. The van der Waals surface area contributed by atoms with Crippen LogP contribution in [-0.2, 0) is 0 Å². The molecule has 4 heterocycles. The molecule has 0 bridgehead atoms. The molecule has 27 heavy (non-hydrogen) atoms. The van der Waals surface area contributed by atoms with E-state index in [1.807, 2.05) is 6.20 Å². The van der Waals surface area contributed by atoms with Gasteiger partial charge < -0.3 is 14.7 Å². The molecule has 8 heteroatoms. The molecule has 4 aliphatic rings. The molecule has 0 aliphatic carbocycles. The number of nitrogens with zero attached hydrogens (tertiary/aromatic N) is 8. The minimum absolute atomic E-state index is 0.777. The summed E-state index contributed by atoms with van der Waals surface area (Å²) in [4.78, 5) is 27.6. The molecule has 146 valence electrons. The molecule has 0 radical (unpaired) electrons. The molecule has 0 saturated carbocycles. The van der Waals surface area contributed by atoms with Gasteiger partial charge in [-0.05, 0) is 39.3 Å². The third kappa shape index (κ3) is 3.70. The number of hydrogen-bond acceptors (Lipinski definition) is 7. The van der Waals surface area contributed by atoms with Crippen LogP contribution in [0.2, 0.25) is 0 Å². The third-order valence-corrected chi connectivity index (χ3v) is 5.54. The van der Waals surface area contributed by atoms with E-state index in [0.717, 1.165) is 102 Å². The number of fused-ring (bicyclic) bond motifs is 2. The molecule has 0 N–H and O–H groups in total. The van der Waals surface area contributed by atoms with E-state index in [4.69, 9.17) is 15.0 Å². The van der Waals surface area contributed by atoms with Crippen LogP contribution in [0.1, 0.15) is 32.6 Å². The first-order valence-corrected chi connectivity index (χ1v) is 10.1. The predicted octanol–water partition coefficient (Wildman–Crippen LogP) is 1.44. The van der Waals surface area contributed by atoms with Crippen molar-refractivity contribution in [1.82, 2.24) is 19.6 Å². The number of hydrogen-bond donors (Lipinski definition) is 0. The van der Waals surface area contributed by atoms with Gasteiger partial charge in [-0.3, -0.25) is 14.9 Å². The fraction of sp³-hybridized carbons (Fsp3) is 0.684. The molecule has 0 aromatic heterocycles. The lowest BCUT2D eigenvalue weighted by Gasteiger charge is -2.41. The van der Waals surface area contributed by atoms with Crippen LogP contribution in [0.15, 0.2) is 32.0 Å². The van der Waals surface area contributed by atoms with E-state index in [-0.39, 0.29) is 0 Å². The van der Waals surface area contributed by atoms with E-state index in [9.17, 15) is 0 Å². The summed E-state index contributed by atoms with van der Waals surface area (Å²) in [7, 11) is 0. The van der Waals surface area contributed by atoms with Crippen molar-refractivity contribution >= 4 is 24.5 Å². The highest BCUT2D eigenvalue weighted by Crippen LogP contribution is 2.20. The van der Waals surface area contributed by atoms with Gasteiger partial charge in [0, 0.05) is 52.4 Å². The van der Waals surface area contributed by atoms with Gasteiger partial charge in [-0.2, -0.15) is 0 Å². The lowest BCUT2D eigenvalue weighted by Crippen LogP contribution is -2.53. The molecule has 0 spiro atoms. The largest absolute Gasteiger partial charge is 0.342 e. The Hall–Kier alpha value is -2.38. The normalized spacial score (nSPS) is 24.2. The van der Waals surface area contributed by atoms with Gasteiger partial charge in [0.15, 0.2) is 5.82 Å². The maximum Gasteiger partial charge on any atom is 0.202 e. The van der Waals surface area contributed by atoms with Crippen molar-refractivity contribution in [2.24, 2.45) is 20.0 Å². The van der Waals surface area contributed by atoms with Crippen LogP contribution in [0, 0.1) is 0 Å². The van der Waals surface area contributed by atoms with Crippen molar-refractivity contribution in [3.8, 4) is 0 Å². The molecule has 4 rings (SSSR count). The average molecular weight is 371 g/mol. The van der Waals surface area contributed by atoms with Crippen molar-refractivity contribution in [1.29, 1.82) is 0 Å². The second kappa shape index (κ2) is 8.10. The number of rotatable bonds is 3. The first kappa shape index (κ1) is 18.0. The van der Waals surface area contributed by atoms with Gasteiger partial charge in [0.2, 0.25) is 11.9 Å². The van der Waals surface area contributed by atoms with Crippen LogP contribution in [-0.4, -0.2) is 96.4 Å². The van der Waals surface area contributed by atoms with E-state index in [0.29, 0.717) is 0 Å². The maximum absolute atomic E-state index is 4.75. The van der Waals surface area contributed by atoms with Gasteiger partial charge in [-0.1, -0.05) is 0 Å².